The molecular weight excluding hydrogens is 298 g/mol. The standard InChI is InChI=1S/C20H21N3O/c1-14-11-12-23(13-18(14)24)20-16-9-5-6-10-17(16)21-19(22-20)15-7-3-2-4-8-15/h2-10,14,18,24H,11-13H2,1H3. The van der Waals surface area contributed by atoms with Gasteiger partial charge in [-0.05, 0) is 24.5 Å². The molecule has 0 aliphatic carbocycles. The van der Waals surface area contributed by atoms with Crippen LogP contribution in [0.2, 0.25) is 0 Å². The number of hydrogen-bond donors (Lipinski definition) is 1. The molecule has 24 heavy (non-hydrogen) atoms. The highest BCUT2D eigenvalue weighted by atomic mass is 16.3. The zero-order valence-electron chi connectivity index (χ0n) is 13.8. The summed E-state index contributed by atoms with van der Waals surface area (Å²) in [7, 11) is 0. The van der Waals surface area contributed by atoms with Crippen molar-refractivity contribution in [3.05, 3.63) is 54.6 Å². The Morgan fingerprint density at radius 1 is 1.00 bits per heavy atom. The Morgan fingerprint density at radius 2 is 1.75 bits per heavy atom. The Bertz CT molecular complexity index is 850. The smallest absolute Gasteiger partial charge is 0.162 e. The number of β-amino-alcohol motifs (C(OH)–C–C–N with tert-alkyl or cyclic N) is 1. The lowest BCUT2D eigenvalue weighted by Gasteiger charge is -2.35. The summed E-state index contributed by atoms with van der Waals surface area (Å²) in [6.07, 6.45) is 0.660. The van der Waals surface area contributed by atoms with E-state index in [0.29, 0.717) is 12.5 Å². The van der Waals surface area contributed by atoms with Gasteiger partial charge in [-0.1, -0.05) is 49.4 Å². The van der Waals surface area contributed by atoms with Crippen molar-refractivity contribution in [3.8, 4) is 11.4 Å². The van der Waals surface area contributed by atoms with Crippen LogP contribution < -0.4 is 4.90 Å². The normalized spacial score (nSPS) is 21.2. The van der Waals surface area contributed by atoms with Crippen molar-refractivity contribution in [1.82, 2.24) is 9.97 Å². The van der Waals surface area contributed by atoms with Crippen LogP contribution in [0.5, 0.6) is 0 Å². The predicted molar refractivity (Wildman–Crippen MR) is 97.0 cm³/mol. The van der Waals surface area contributed by atoms with Crippen molar-refractivity contribution >= 4 is 16.7 Å². The topological polar surface area (TPSA) is 49.2 Å². The summed E-state index contributed by atoms with van der Waals surface area (Å²) in [6.45, 7) is 3.64. The Morgan fingerprint density at radius 3 is 2.54 bits per heavy atom. The predicted octanol–water partition coefficient (Wildman–Crippen LogP) is 3.50. The zero-order chi connectivity index (χ0) is 16.5. The molecule has 1 fully saturated rings. The summed E-state index contributed by atoms with van der Waals surface area (Å²) < 4.78 is 0. The highest BCUT2D eigenvalue weighted by molar-refractivity contribution is 5.91. The van der Waals surface area contributed by atoms with E-state index in [0.717, 1.165) is 41.1 Å². The minimum atomic E-state index is -0.312. The molecule has 4 rings (SSSR count). The summed E-state index contributed by atoms with van der Waals surface area (Å²) in [6, 6.07) is 18.1. The molecule has 0 radical (unpaired) electrons. The fourth-order valence-corrected chi connectivity index (χ4v) is 3.26. The largest absolute Gasteiger partial charge is 0.391 e. The van der Waals surface area contributed by atoms with Crippen molar-refractivity contribution < 1.29 is 5.11 Å². The first-order chi connectivity index (χ1) is 11.7. The van der Waals surface area contributed by atoms with Crippen molar-refractivity contribution in [1.29, 1.82) is 0 Å². The van der Waals surface area contributed by atoms with Gasteiger partial charge in [0.25, 0.3) is 0 Å². The Kier molecular flexibility index (Phi) is 3.90. The molecule has 4 heteroatoms. The molecule has 3 aromatic rings. The van der Waals surface area contributed by atoms with E-state index in [4.69, 9.17) is 9.97 Å². The maximum absolute atomic E-state index is 10.3. The number of aliphatic hydroxyl groups is 1. The quantitative estimate of drug-likeness (QED) is 0.785. The second kappa shape index (κ2) is 6.21. The number of rotatable bonds is 2. The molecule has 0 saturated carbocycles. The first kappa shape index (κ1) is 15.1. The molecule has 1 aromatic heterocycles. The third-order valence-corrected chi connectivity index (χ3v) is 4.83. The Balaban J connectivity index is 1.84. The highest BCUT2D eigenvalue weighted by Gasteiger charge is 2.26. The van der Waals surface area contributed by atoms with E-state index in [1.807, 2.05) is 48.5 Å². The van der Waals surface area contributed by atoms with Gasteiger partial charge in [0.15, 0.2) is 5.82 Å². The summed E-state index contributed by atoms with van der Waals surface area (Å²) in [4.78, 5) is 11.8. The number of nitrogens with zero attached hydrogens (tertiary/aromatic N) is 3. The number of aliphatic hydroxyl groups excluding tert-OH is 1. The summed E-state index contributed by atoms with van der Waals surface area (Å²) >= 11 is 0. The molecule has 0 amide bonds. The molecule has 2 heterocycles. The number of para-hydroxylation sites is 1. The summed E-state index contributed by atoms with van der Waals surface area (Å²) in [5, 5.41) is 11.3. The number of fused-ring (bicyclic) bond motifs is 1. The molecular formula is C20H21N3O. The van der Waals surface area contributed by atoms with Crippen molar-refractivity contribution in [2.45, 2.75) is 19.4 Å². The first-order valence-corrected chi connectivity index (χ1v) is 8.47. The van der Waals surface area contributed by atoms with E-state index in [2.05, 4.69) is 17.9 Å². The molecule has 2 unspecified atom stereocenters. The molecule has 1 N–H and O–H groups in total. The summed E-state index contributed by atoms with van der Waals surface area (Å²) in [5.41, 5.74) is 1.95. The fourth-order valence-electron chi connectivity index (χ4n) is 3.26. The van der Waals surface area contributed by atoms with Crippen LogP contribution in [0.4, 0.5) is 5.82 Å². The van der Waals surface area contributed by atoms with E-state index in [1.54, 1.807) is 0 Å². The van der Waals surface area contributed by atoms with Gasteiger partial charge in [0, 0.05) is 24.0 Å². The van der Waals surface area contributed by atoms with Crippen LogP contribution in [0, 0.1) is 5.92 Å². The van der Waals surface area contributed by atoms with Gasteiger partial charge in [-0.15, -0.1) is 0 Å². The lowest BCUT2D eigenvalue weighted by Crippen LogP contribution is -2.43. The molecule has 0 bridgehead atoms. The van der Waals surface area contributed by atoms with Crippen LogP contribution in [0.3, 0.4) is 0 Å². The van der Waals surface area contributed by atoms with E-state index >= 15 is 0 Å². The van der Waals surface area contributed by atoms with Gasteiger partial charge in [-0.2, -0.15) is 0 Å². The average Bonchev–Trinajstić information content (AvgIpc) is 2.64. The first-order valence-electron chi connectivity index (χ1n) is 8.47. The second-order valence-corrected chi connectivity index (χ2v) is 6.53. The van der Waals surface area contributed by atoms with Gasteiger partial charge in [0.1, 0.15) is 5.82 Å². The fraction of sp³-hybridized carbons (Fsp3) is 0.300. The third kappa shape index (κ3) is 2.74. The van der Waals surface area contributed by atoms with Gasteiger partial charge >= 0.3 is 0 Å². The van der Waals surface area contributed by atoms with Crippen molar-refractivity contribution in [2.24, 2.45) is 5.92 Å². The van der Waals surface area contributed by atoms with E-state index in [1.165, 1.54) is 0 Å². The lowest BCUT2D eigenvalue weighted by atomic mass is 9.96. The molecule has 2 aromatic carbocycles. The monoisotopic (exact) mass is 319 g/mol. The molecule has 2 atom stereocenters. The molecule has 122 valence electrons. The van der Waals surface area contributed by atoms with E-state index in [-0.39, 0.29) is 6.10 Å². The Hall–Kier alpha value is -2.46. The van der Waals surface area contributed by atoms with E-state index in [9.17, 15) is 5.11 Å². The maximum Gasteiger partial charge on any atom is 0.162 e. The van der Waals surface area contributed by atoms with Gasteiger partial charge in [-0.3, -0.25) is 0 Å². The SMILES string of the molecule is CC1CCN(c2nc(-c3ccccc3)nc3ccccc23)CC1O. The number of aromatic nitrogens is 2. The van der Waals surface area contributed by atoms with E-state index < -0.39 is 0 Å². The van der Waals surface area contributed by atoms with Gasteiger partial charge < -0.3 is 10.0 Å². The molecule has 1 aliphatic heterocycles. The van der Waals surface area contributed by atoms with Crippen LogP contribution in [0.1, 0.15) is 13.3 Å². The Labute approximate surface area is 141 Å². The second-order valence-electron chi connectivity index (χ2n) is 6.53. The van der Waals surface area contributed by atoms with Gasteiger partial charge in [0.2, 0.25) is 0 Å². The molecule has 0 spiro atoms. The molecule has 1 aliphatic rings. The van der Waals surface area contributed by atoms with Crippen LogP contribution in [-0.4, -0.2) is 34.3 Å². The minimum absolute atomic E-state index is 0.312. The third-order valence-electron chi connectivity index (χ3n) is 4.83. The number of anilines is 1. The van der Waals surface area contributed by atoms with Gasteiger partial charge in [-0.25, -0.2) is 9.97 Å². The van der Waals surface area contributed by atoms with Crippen LogP contribution >= 0.6 is 0 Å². The zero-order valence-corrected chi connectivity index (χ0v) is 13.8. The highest BCUT2D eigenvalue weighted by Crippen LogP contribution is 2.30. The number of piperidine rings is 1. The molecule has 4 nitrogen and oxygen atoms in total. The van der Waals surface area contributed by atoms with Crippen LogP contribution in [0.25, 0.3) is 22.3 Å². The van der Waals surface area contributed by atoms with Crippen LogP contribution in [-0.2, 0) is 0 Å². The number of hydrogen-bond acceptors (Lipinski definition) is 4. The average molecular weight is 319 g/mol. The van der Waals surface area contributed by atoms with Crippen molar-refractivity contribution in [2.75, 3.05) is 18.0 Å². The minimum Gasteiger partial charge on any atom is -0.391 e. The lowest BCUT2D eigenvalue weighted by molar-refractivity contribution is 0.103. The molecule has 1 saturated heterocycles. The van der Waals surface area contributed by atoms with Crippen LogP contribution in [0.15, 0.2) is 54.6 Å². The maximum atomic E-state index is 10.3. The summed E-state index contributed by atoms with van der Waals surface area (Å²) in [5.74, 6) is 1.99. The van der Waals surface area contributed by atoms with Crippen molar-refractivity contribution in [3.63, 3.8) is 0 Å². The van der Waals surface area contributed by atoms with Gasteiger partial charge in [0.05, 0.1) is 11.6 Å². The number of benzene rings is 2.